The van der Waals surface area contributed by atoms with Crippen LogP contribution in [-0.4, -0.2) is 23.0 Å². The Kier molecular flexibility index (Phi) is 7.97. The summed E-state index contributed by atoms with van der Waals surface area (Å²) >= 11 is 0. The predicted molar refractivity (Wildman–Crippen MR) is 264 cm³/mol. The third kappa shape index (κ3) is 5.15. The van der Waals surface area contributed by atoms with Crippen LogP contribution in [0.15, 0.2) is 226 Å². The summed E-state index contributed by atoms with van der Waals surface area (Å²) in [6.07, 6.45) is 0. The van der Waals surface area contributed by atoms with E-state index in [9.17, 15) is 0 Å². The zero-order chi connectivity index (χ0) is 42.4. The first kappa shape index (κ1) is 36.3. The molecule has 0 aliphatic heterocycles. The Labute approximate surface area is 369 Å². The quantitative estimate of drug-likeness (QED) is 0.126. The number of fused-ring (bicyclic) bond motifs is 16. The number of rotatable bonds is 5. The van der Waals surface area contributed by atoms with E-state index in [1.165, 1.54) is 55.3 Å². The van der Waals surface area contributed by atoms with Gasteiger partial charge in [0.15, 0.2) is 11.7 Å². The lowest BCUT2D eigenvalue weighted by molar-refractivity contribution is 0.669. The van der Waals surface area contributed by atoms with E-state index >= 15 is 0 Å². The average molecular weight is 819 g/mol. The summed E-state index contributed by atoms with van der Waals surface area (Å²) in [7, 11) is 0. The van der Waals surface area contributed by atoms with E-state index in [0.717, 1.165) is 55.3 Å². The van der Waals surface area contributed by atoms with Gasteiger partial charge < -0.3 is 8.98 Å². The number of benzene rings is 9. The third-order valence-electron chi connectivity index (χ3n) is 13.4. The molecule has 9 aromatic carbocycles. The molecule has 2 aromatic heterocycles. The molecule has 0 amide bonds. The van der Waals surface area contributed by atoms with E-state index in [1.54, 1.807) is 0 Å². The van der Waals surface area contributed by atoms with Gasteiger partial charge in [0, 0.05) is 38.4 Å². The smallest absolute Gasteiger partial charge is 0.161 e. The summed E-state index contributed by atoms with van der Waals surface area (Å²) in [5.74, 6) is 1.06. The zero-order valence-electron chi connectivity index (χ0n) is 34.7. The molecule has 2 aliphatic carbocycles. The highest BCUT2D eigenvalue weighted by Crippen LogP contribution is 2.63. The van der Waals surface area contributed by atoms with Gasteiger partial charge >= 0.3 is 0 Å². The van der Waals surface area contributed by atoms with E-state index in [-0.39, 0.29) is 0 Å². The van der Waals surface area contributed by atoms with E-state index < -0.39 is 5.41 Å². The minimum atomic E-state index is -0.424. The number of hydrogen-bond donors (Lipinski definition) is 0. The molecule has 5 heteroatoms. The van der Waals surface area contributed by atoms with Crippen molar-refractivity contribution in [2.75, 3.05) is 0 Å². The van der Waals surface area contributed by atoms with Crippen molar-refractivity contribution in [3.8, 4) is 27.9 Å². The van der Waals surface area contributed by atoms with Crippen molar-refractivity contribution >= 4 is 62.1 Å². The zero-order valence-corrected chi connectivity index (χ0v) is 34.7. The van der Waals surface area contributed by atoms with Crippen molar-refractivity contribution in [2.45, 2.75) is 12.0 Å². The molecule has 0 unspecified atom stereocenters. The average Bonchev–Trinajstić information content (AvgIpc) is 4.07. The lowest BCUT2D eigenvalue weighted by atomic mass is 9.70. The predicted octanol–water partition coefficient (Wildman–Crippen LogP) is 14.1. The summed E-state index contributed by atoms with van der Waals surface area (Å²) in [5, 5.41) is 4.32. The van der Waals surface area contributed by atoms with Crippen LogP contribution in [0.5, 0.6) is 0 Å². The fraction of sp³-hybridized carbons (Fsp3) is 0.0339. The Hall–Kier alpha value is -8.41. The topological polar surface area (TPSA) is 55.1 Å². The van der Waals surface area contributed by atoms with Gasteiger partial charge in [-0.25, -0.2) is 9.98 Å². The summed E-state index contributed by atoms with van der Waals surface area (Å²) in [6.45, 7) is 4.51. The van der Waals surface area contributed by atoms with Crippen molar-refractivity contribution in [2.24, 2.45) is 15.0 Å². The number of para-hydroxylation sites is 1. The number of furan rings is 1. The number of nitrogens with zero attached hydrogens (tertiary/aromatic N) is 4. The first-order valence-corrected chi connectivity index (χ1v) is 21.7. The highest BCUT2D eigenvalue weighted by atomic mass is 16.3. The summed E-state index contributed by atoms with van der Waals surface area (Å²) in [6, 6.07) is 73.6. The molecule has 1 spiro atoms. The van der Waals surface area contributed by atoms with Gasteiger partial charge in [0.05, 0.1) is 23.0 Å². The summed E-state index contributed by atoms with van der Waals surface area (Å²) in [5.41, 5.74) is 17.7. The van der Waals surface area contributed by atoms with Crippen LogP contribution in [0.4, 0.5) is 0 Å². The Morgan fingerprint density at radius 2 is 1.12 bits per heavy atom. The van der Waals surface area contributed by atoms with Gasteiger partial charge in [-0.1, -0.05) is 164 Å². The molecule has 0 saturated carbocycles. The van der Waals surface area contributed by atoms with Crippen LogP contribution in [0.1, 0.15) is 38.9 Å². The lowest BCUT2D eigenvalue weighted by Gasteiger charge is -2.30. The van der Waals surface area contributed by atoms with Crippen LogP contribution in [0, 0.1) is 0 Å². The summed E-state index contributed by atoms with van der Waals surface area (Å²) in [4.78, 5) is 14.7. The SMILES string of the molecule is C=N/C(=N\C(=N/Cc1ccccc1)c1ccccc1)c1cccc2oc3ccc(-n4c5ccccc5c5cc6c(cc54)-c4ccccc4C64c5ccccc5-c5ccccc54)cc3c12. The molecule has 5 nitrogen and oxygen atoms in total. The molecule has 0 saturated heterocycles. The van der Waals surface area contributed by atoms with Crippen molar-refractivity contribution < 1.29 is 4.42 Å². The minimum Gasteiger partial charge on any atom is -0.456 e. The van der Waals surface area contributed by atoms with Gasteiger partial charge in [-0.3, -0.25) is 4.99 Å². The molecule has 300 valence electrons. The number of hydrogen-bond acceptors (Lipinski definition) is 2. The van der Waals surface area contributed by atoms with E-state index in [4.69, 9.17) is 14.4 Å². The minimum absolute atomic E-state index is 0.424. The Bertz CT molecular complexity index is 3730. The molecule has 11 aromatic rings. The molecule has 13 rings (SSSR count). The van der Waals surface area contributed by atoms with Crippen LogP contribution in [0.3, 0.4) is 0 Å². The fourth-order valence-electron chi connectivity index (χ4n) is 10.8. The molecule has 0 bridgehead atoms. The standard InChI is InChI=1S/C59H38N4O/c1-60-58(62-57(38-19-6-3-7-20-38)61-36-37-17-4-2-5-18-37)44-25-16-30-55-56(44)47-33-39(31-32-54(47)64-55)63-52-29-15-11-24-43(52)46-34-51-45(35-53(46)63)42-23-10-14-28-50(42)59(51)48-26-12-8-21-40(48)41-22-9-13-27-49(41)59/h2-35H,1,36H2/b61-57-,62-58-. The second-order valence-corrected chi connectivity index (χ2v) is 16.7. The van der Waals surface area contributed by atoms with Gasteiger partial charge in [-0.05, 0) is 99.3 Å². The second-order valence-electron chi connectivity index (χ2n) is 16.7. The molecule has 0 fully saturated rings. The lowest BCUT2D eigenvalue weighted by Crippen LogP contribution is -2.25. The maximum atomic E-state index is 6.58. The molecular formula is C59H38N4O. The van der Waals surface area contributed by atoms with Gasteiger partial charge in [-0.15, -0.1) is 0 Å². The molecule has 64 heavy (non-hydrogen) atoms. The number of aliphatic imine (C=N–C) groups is 3. The van der Waals surface area contributed by atoms with Gasteiger partial charge in [-0.2, -0.15) is 0 Å². The second kappa shape index (κ2) is 14.1. The van der Waals surface area contributed by atoms with Gasteiger partial charge in [0.1, 0.15) is 11.2 Å². The molecule has 2 aliphatic rings. The Morgan fingerprint density at radius 3 is 1.84 bits per heavy atom. The maximum absolute atomic E-state index is 6.58. The van der Waals surface area contributed by atoms with E-state index in [1.807, 2.05) is 66.7 Å². The molecular weight excluding hydrogens is 781 g/mol. The van der Waals surface area contributed by atoms with Crippen molar-refractivity contribution in [1.82, 2.24) is 4.57 Å². The number of amidine groups is 2. The van der Waals surface area contributed by atoms with Crippen LogP contribution < -0.4 is 0 Å². The van der Waals surface area contributed by atoms with Crippen LogP contribution in [-0.2, 0) is 12.0 Å². The Balaban J connectivity index is 1.02. The first-order valence-electron chi connectivity index (χ1n) is 21.7. The van der Waals surface area contributed by atoms with Crippen molar-refractivity contribution in [3.05, 3.63) is 245 Å². The van der Waals surface area contributed by atoms with Crippen molar-refractivity contribution in [1.29, 1.82) is 0 Å². The van der Waals surface area contributed by atoms with Gasteiger partial charge in [0.25, 0.3) is 0 Å². The largest absolute Gasteiger partial charge is 0.456 e. The normalized spacial score (nSPS) is 13.8. The Morgan fingerprint density at radius 1 is 0.484 bits per heavy atom. The molecule has 0 radical (unpaired) electrons. The van der Waals surface area contributed by atoms with Crippen LogP contribution in [0.2, 0.25) is 0 Å². The van der Waals surface area contributed by atoms with E-state index in [2.05, 4.69) is 156 Å². The molecule has 0 atom stereocenters. The molecule has 2 heterocycles. The maximum Gasteiger partial charge on any atom is 0.161 e. The number of aromatic nitrogens is 1. The fourth-order valence-corrected chi connectivity index (χ4v) is 10.8. The third-order valence-corrected chi connectivity index (χ3v) is 13.4. The first-order chi connectivity index (χ1) is 31.7. The monoisotopic (exact) mass is 818 g/mol. The summed E-state index contributed by atoms with van der Waals surface area (Å²) < 4.78 is 9.00. The van der Waals surface area contributed by atoms with E-state index in [0.29, 0.717) is 18.2 Å². The van der Waals surface area contributed by atoms with Crippen molar-refractivity contribution in [3.63, 3.8) is 0 Å². The van der Waals surface area contributed by atoms with Crippen LogP contribution >= 0.6 is 0 Å². The van der Waals surface area contributed by atoms with Crippen LogP contribution in [0.25, 0.3) is 71.7 Å². The highest BCUT2D eigenvalue weighted by Gasteiger charge is 2.51. The van der Waals surface area contributed by atoms with Gasteiger partial charge in [0.2, 0.25) is 0 Å². The molecule has 0 N–H and O–H groups in total. The highest BCUT2D eigenvalue weighted by molar-refractivity contribution is 6.22.